The Hall–Kier alpha value is -0.820. The summed E-state index contributed by atoms with van der Waals surface area (Å²) in [4.78, 5) is 12.4. The number of halogens is 3. The fraction of sp³-hybridized carbons (Fsp3) is 0.900. The van der Waals surface area contributed by atoms with Crippen LogP contribution in [0.5, 0.6) is 0 Å². The third kappa shape index (κ3) is 6.48. The van der Waals surface area contributed by atoms with Gasteiger partial charge in [0, 0.05) is 19.5 Å². The molecule has 1 aliphatic rings. The smallest absolute Gasteiger partial charge is 0.411 e. The predicted molar refractivity (Wildman–Crippen MR) is 53.7 cm³/mol. The molecule has 1 aliphatic heterocycles. The van der Waals surface area contributed by atoms with E-state index in [1.165, 1.54) is 0 Å². The second-order valence-corrected chi connectivity index (χ2v) is 4.22. The zero-order chi connectivity index (χ0) is 12.9. The fourth-order valence-electron chi connectivity index (χ4n) is 1.91. The number of likely N-dealkylation sites (tertiary alicyclic amines) is 1. The normalized spacial score (nSPS) is 21.9. The molecule has 0 bridgehead atoms. The van der Waals surface area contributed by atoms with Gasteiger partial charge >= 0.3 is 12.1 Å². The summed E-state index contributed by atoms with van der Waals surface area (Å²) >= 11 is 0. The van der Waals surface area contributed by atoms with E-state index in [0.717, 1.165) is 13.0 Å². The largest absolute Gasteiger partial charge is 0.481 e. The van der Waals surface area contributed by atoms with Gasteiger partial charge in [-0.05, 0) is 18.9 Å². The fourth-order valence-corrected chi connectivity index (χ4v) is 1.91. The Kier molecular flexibility index (Phi) is 5.20. The zero-order valence-electron chi connectivity index (χ0n) is 9.37. The number of alkyl halides is 3. The summed E-state index contributed by atoms with van der Waals surface area (Å²) in [5.74, 6) is -0.722. The van der Waals surface area contributed by atoms with E-state index in [-0.39, 0.29) is 18.9 Å². The Balaban J connectivity index is 2.08. The average Bonchev–Trinajstić information content (AvgIpc) is 2.58. The molecule has 1 unspecified atom stereocenters. The van der Waals surface area contributed by atoms with Crippen LogP contribution < -0.4 is 0 Å². The number of aliphatic carboxylic acids is 1. The van der Waals surface area contributed by atoms with Crippen LogP contribution in [0.3, 0.4) is 0 Å². The predicted octanol–water partition coefficient (Wildman–Crippen LogP) is 1.36. The van der Waals surface area contributed by atoms with Crippen molar-refractivity contribution in [2.75, 3.05) is 32.8 Å². The number of carboxylic acid groups (broad SMARTS) is 1. The number of carboxylic acids is 1. The molecule has 0 aromatic heterocycles. The van der Waals surface area contributed by atoms with Crippen LogP contribution in [0.1, 0.15) is 12.8 Å². The third-order valence-electron chi connectivity index (χ3n) is 2.65. The molecule has 7 heteroatoms. The van der Waals surface area contributed by atoms with E-state index in [4.69, 9.17) is 5.11 Å². The van der Waals surface area contributed by atoms with Gasteiger partial charge in [-0.2, -0.15) is 13.2 Å². The molecule has 0 radical (unpaired) electrons. The van der Waals surface area contributed by atoms with E-state index in [2.05, 4.69) is 4.74 Å². The summed E-state index contributed by atoms with van der Waals surface area (Å²) in [5, 5.41) is 8.60. The molecule has 1 rings (SSSR count). The van der Waals surface area contributed by atoms with Gasteiger partial charge in [0.1, 0.15) is 6.61 Å². The highest BCUT2D eigenvalue weighted by Crippen LogP contribution is 2.19. The molecule has 0 aliphatic carbocycles. The Bertz CT molecular complexity index is 258. The van der Waals surface area contributed by atoms with Crippen LogP contribution in [0.25, 0.3) is 0 Å². The first-order valence-corrected chi connectivity index (χ1v) is 5.45. The maximum Gasteiger partial charge on any atom is 0.411 e. The van der Waals surface area contributed by atoms with Gasteiger partial charge in [0.05, 0.1) is 6.61 Å². The number of nitrogens with zero attached hydrogens (tertiary/aromatic N) is 1. The molecule has 1 heterocycles. The lowest BCUT2D eigenvalue weighted by molar-refractivity contribution is -0.174. The standard InChI is InChI=1S/C10H16F3NO3/c11-10(12,13)7-17-4-3-14-2-1-8(6-14)5-9(15)16/h8H,1-7H2,(H,15,16). The highest BCUT2D eigenvalue weighted by Gasteiger charge is 2.28. The molecule has 0 aromatic rings. The van der Waals surface area contributed by atoms with E-state index >= 15 is 0 Å². The molecule has 0 saturated carbocycles. The second kappa shape index (κ2) is 6.20. The van der Waals surface area contributed by atoms with Crippen LogP contribution in [0.2, 0.25) is 0 Å². The summed E-state index contributed by atoms with van der Waals surface area (Å²) in [5.41, 5.74) is 0. The van der Waals surface area contributed by atoms with Crippen LogP contribution in [-0.4, -0.2) is 55.0 Å². The van der Waals surface area contributed by atoms with Crippen molar-refractivity contribution in [2.45, 2.75) is 19.0 Å². The molecule has 1 saturated heterocycles. The maximum absolute atomic E-state index is 11.8. The number of rotatable bonds is 6. The van der Waals surface area contributed by atoms with Crippen molar-refractivity contribution in [1.82, 2.24) is 4.90 Å². The maximum atomic E-state index is 11.8. The molecule has 4 nitrogen and oxygen atoms in total. The molecule has 0 amide bonds. The number of carbonyl (C=O) groups is 1. The minimum Gasteiger partial charge on any atom is -0.481 e. The Morgan fingerprint density at radius 3 is 2.76 bits per heavy atom. The van der Waals surface area contributed by atoms with Crippen LogP contribution >= 0.6 is 0 Å². The molecule has 1 N–H and O–H groups in total. The Morgan fingerprint density at radius 2 is 2.18 bits per heavy atom. The van der Waals surface area contributed by atoms with E-state index in [1.807, 2.05) is 4.90 Å². The monoisotopic (exact) mass is 255 g/mol. The van der Waals surface area contributed by atoms with E-state index < -0.39 is 18.8 Å². The highest BCUT2D eigenvalue weighted by molar-refractivity contribution is 5.67. The van der Waals surface area contributed by atoms with E-state index in [0.29, 0.717) is 13.1 Å². The summed E-state index contributed by atoms with van der Waals surface area (Å²) in [6.07, 6.45) is -3.37. The van der Waals surface area contributed by atoms with Gasteiger partial charge < -0.3 is 14.7 Å². The van der Waals surface area contributed by atoms with E-state index in [9.17, 15) is 18.0 Å². The minimum atomic E-state index is -4.28. The van der Waals surface area contributed by atoms with Crippen LogP contribution in [0.15, 0.2) is 0 Å². The van der Waals surface area contributed by atoms with Gasteiger partial charge in [-0.25, -0.2) is 0 Å². The SMILES string of the molecule is O=C(O)CC1CCN(CCOCC(F)(F)F)C1. The topological polar surface area (TPSA) is 49.8 Å². The van der Waals surface area contributed by atoms with Gasteiger partial charge in [0.15, 0.2) is 0 Å². The van der Waals surface area contributed by atoms with Crippen LogP contribution in [0, 0.1) is 5.92 Å². The molecule has 0 spiro atoms. The highest BCUT2D eigenvalue weighted by atomic mass is 19.4. The average molecular weight is 255 g/mol. The van der Waals surface area contributed by atoms with Gasteiger partial charge in [-0.15, -0.1) is 0 Å². The molecule has 100 valence electrons. The quantitative estimate of drug-likeness (QED) is 0.728. The molecular weight excluding hydrogens is 239 g/mol. The first-order chi connectivity index (χ1) is 7.87. The molecule has 17 heavy (non-hydrogen) atoms. The van der Waals surface area contributed by atoms with Gasteiger partial charge in [0.25, 0.3) is 0 Å². The Labute approximate surface area is 97.3 Å². The van der Waals surface area contributed by atoms with Gasteiger partial charge in [-0.3, -0.25) is 4.79 Å². The minimum absolute atomic E-state index is 0.0271. The van der Waals surface area contributed by atoms with Crippen molar-refractivity contribution in [3.8, 4) is 0 Å². The third-order valence-corrected chi connectivity index (χ3v) is 2.65. The number of hydrogen-bond donors (Lipinski definition) is 1. The first kappa shape index (κ1) is 14.2. The zero-order valence-corrected chi connectivity index (χ0v) is 9.37. The van der Waals surface area contributed by atoms with Crippen molar-refractivity contribution in [2.24, 2.45) is 5.92 Å². The lowest BCUT2D eigenvalue weighted by atomic mass is 10.1. The summed E-state index contributed by atoms with van der Waals surface area (Å²) in [6.45, 7) is 0.583. The van der Waals surface area contributed by atoms with Crippen LogP contribution in [0.4, 0.5) is 13.2 Å². The Morgan fingerprint density at radius 1 is 1.47 bits per heavy atom. The summed E-state index contributed by atoms with van der Waals surface area (Å²) < 4.78 is 39.8. The second-order valence-electron chi connectivity index (χ2n) is 4.22. The van der Waals surface area contributed by atoms with Gasteiger partial charge in [-0.1, -0.05) is 0 Å². The van der Waals surface area contributed by atoms with Crippen molar-refractivity contribution in [1.29, 1.82) is 0 Å². The molecule has 1 atom stereocenters. The lowest BCUT2D eigenvalue weighted by Gasteiger charge is -2.16. The van der Waals surface area contributed by atoms with Crippen molar-refractivity contribution in [3.05, 3.63) is 0 Å². The van der Waals surface area contributed by atoms with Crippen molar-refractivity contribution >= 4 is 5.97 Å². The number of hydrogen-bond acceptors (Lipinski definition) is 3. The number of ether oxygens (including phenoxy) is 1. The molecule has 0 aromatic carbocycles. The summed E-state index contributed by atoms with van der Waals surface area (Å²) in [7, 11) is 0. The van der Waals surface area contributed by atoms with Crippen molar-refractivity contribution in [3.63, 3.8) is 0 Å². The molecule has 1 fully saturated rings. The van der Waals surface area contributed by atoms with Crippen LogP contribution in [-0.2, 0) is 9.53 Å². The summed E-state index contributed by atoms with van der Waals surface area (Å²) in [6, 6.07) is 0. The van der Waals surface area contributed by atoms with Crippen molar-refractivity contribution < 1.29 is 27.8 Å². The van der Waals surface area contributed by atoms with E-state index in [1.54, 1.807) is 0 Å². The van der Waals surface area contributed by atoms with Gasteiger partial charge in [0.2, 0.25) is 0 Å². The first-order valence-electron chi connectivity index (χ1n) is 5.45. The molecular formula is C10H16F3NO3. The lowest BCUT2D eigenvalue weighted by Crippen LogP contribution is -2.27.